The number of benzene rings is 2. The Labute approximate surface area is 174 Å². The van der Waals surface area contributed by atoms with Crippen molar-refractivity contribution in [3.05, 3.63) is 70.8 Å². The van der Waals surface area contributed by atoms with Crippen molar-refractivity contribution in [2.24, 2.45) is 0 Å². The number of amides is 2. The highest BCUT2D eigenvalue weighted by Crippen LogP contribution is 2.16. The van der Waals surface area contributed by atoms with Gasteiger partial charge in [0.2, 0.25) is 5.91 Å². The average molecular weight is 414 g/mol. The number of likely N-dealkylation sites (tertiary alicyclic amines) is 1. The van der Waals surface area contributed by atoms with Gasteiger partial charge in [0.15, 0.2) is 5.11 Å². The molecular weight excluding hydrogens is 394 g/mol. The Morgan fingerprint density at radius 1 is 1.07 bits per heavy atom. The number of carbonyl (C=O) groups excluding carboxylic acids is 2. The Morgan fingerprint density at radius 3 is 2.50 bits per heavy atom. The summed E-state index contributed by atoms with van der Waals surface area (Å²) in [7, 11) is 0. The van der Waals surface area contributed by atoms with E-state index in [2.05, 4.69) is 10.6 Å². The number of rotatable bonds is 4. The zero-order valence-corrected chi connectivity index (χ0v) is 16.7. The number of nitrogens with one attached hydrogen (secondary N) is 2. The molecule has 0 radical (unpaired) electrons. The third-order valence-electron chi connectivity index (χ3n) is 4.29. The number of thiocarbonyl (C=S) groups is 1. The Kier molecular flexibility index (Phi) is 6.79. The van der Waals surface area contributed by atoms with Crippen LogP contribution in [-0.2, 0) is 4.79 Å². The summed E-state index contributed by atoms with van der Waals surface area (Å²) in [6.45, 7) is 1.59. The highest BCUT2D eigenvalue weighted by Gasteiger charge is 2.19. The van der Waals surface area contributed by atoms with Crippen LogP contribution < -0.4 is 10.6 Å². The lowest BCUT2D eigenvalue weighted by molar-refractivity contribution is -0.115. The SMILES string of the molecule is O=C(/C=C/c1ccc(Cl)cc1)NC(=S)Nc1cccc(C(=O)N2CCCC2)c1. The monoisotopic (exact) mass is 413 g/mol. The third kappa shape index (κ3) is 5.65. The normalized spacial score (nSPS) is 13.5. The van der Waals surface area contributed by atoms with E-state index in [0.29, 0.717) is 16.3 Å². The van der Waals surface area contributed by atoms with Gasteiger partial charge in [-0.25, -0.2) is 0 Å². The Hall–Kier alpha value is -2.70. The summed E-state index contributed by atoms with van der Waals surface area (Å²) in [5.41, 5.74) is 2.10. The van der Waals surface area contributed by atoms with Crippen molar-refractivity contribution in [3.8, 4) is 0 Å². The van der Waals surface area contributed by atoms with E-state index in [1.807, 2.05) is 17.0 Å². The average Bonchev–Trinajstić information content (AvgIpc) is 3.22. The molecule has 1 aliphatic rings. The van der Waals surface area contributed by atoms with E-state index in [0.717, 1.165) is 31.5 Å². The van der Waals surface area contributed by atoms with E-state index in [4.69, 9.17) is 23.8 Å². The first-order valence-electron chi connectivity index (χ1n) is 8.96. The topological polar surface area (TPSA) is 61.4 Å². The van der Waals surface area contributed by atoms with Gasteiger partial charge < -0.3 is 10.2 Å². The third-order valence-corrected chi connectivity index (χ3v) is 4.75. The summed E-state index contributed by atoms with van der Waals surface area (Å²) in [5, 5.41) is 6.33. The number of nitrogens with zero attached hydrogens (tertiary/aromatic N) is 1. The van der Waals surface area contributed by atoms with Crippen LogP contribution in [0.15, 0.2) is 54.6 Å². The van der Waals surface area contributed by atoms with E-state index in [1.165, 1.54) is 6.08 Å². The van der Waals surface area contributed by atoms with Crippen molar-refractivity contribution in [3.63, 3.8) is 0 Å². The van der Waals surface area contributed by atoms with E-state index < -0.39 is 0 Å². The highest BCUT2D eigenvalue weighted by atomic mass is 35.5. The fourth-order valence-corrected chi connectivity index (χ4v) is 3.24. The molecule has 0 aliphatic carbocycles. The van der Waals surface area contributed by atoms with Crippen LogP contribution in [0.5, 0.6) is 0 Å². The molecule has 1 fully saturated rings. The zero-order chi connectivity index (χ0) is 19.9. The number of hydrogen-bond donors (Lipinski definition) is 2. The molecule has 2 amide bonds. The summed E-state index contributed by atoms with van der Waals surface area (Å²) in [6.07, 6.45) is 5.15. The fraction of sp³-hybridized carbons (Fsp3) is 0.190. The summed E-state index contributed by atoms with van der Waals surface area (Å²) in [5.74, 6) is -0.334. The van der Waals surface area contributed by atoms with E-state index >= 15 is 0 Å². The molecule has 3 rings (SSSR count). The van der Waals surface area contributed by atoms with Crippen molar-refractivity contribution in [2.75, 3.05) is 18.4 Å². The molecule has 0 saturated carbocycles. The van der Waals surface area contributed by atoms with Crippen LogP contribution in [0.25, 0.3) is 6.08 Å². The Bertz CT molecular complexity index is 906. The molecule has 0 unspecified atom stereocenters. The minimum absolute atomic E-state index is 0.0157. The predicted octanol–water partition coefficient (Wildman–Crippen LogP) is 4.10. The van der Waals surface area contributed by atoms with Crippen LogP contribution in [0, 0.1) is 0 Å². The van der Waals surface area contributed by atoms with E-state index in [9.17, 15) is 9.59 Å². The summed E-state index contributed by atoms with van der Waals surface area (Å²) in [6, 6.07) is 14.2. The fourth-order valence-electron chi connectivity index (χ4n) is 2.89. The lowest BCUT2D eigenvalue weighted by Crippen LogP contribution is -2.33. The molecule has 7 heteroatoms. The molecule has 1 aliphatic heterocycles. The zero-order valence-electron chi connectivity index (χ0n) is 15.2. The van der Waals surface area contributed by atoms with Gasteiger partial charge in [-0.15, -0.1) is 0 Å². The number of halogens is 1. The number of hydrogen-bond acceptors (Lipinski definition) is 3. The van der Waals surface area contributed by atoms with Gasteiger partial charge in [-0.2, -0.15) is 0 Å². The smallest absolute Gasteiger partial charge is 0.253 e. The lowest BCUT2D eigenvalue weighted by atomic mass is 10.2. The van der Waals surface area contributed by atoms with Crippen molar-refractivity contribution < 1.29 is 9.59 Å². The lowest BCUT2D eigenvalue weighted by Gasteiger charge is -2.16. The quantitative estimate of drug-likeness (QED) is 0.585. The van der Waals surface area contributed by atoms with Crippen LogP contribution in [0.1, 0.15) is 28.8 Å². The van der Waals surface area contributed by atoms with Crippen molar-refractivity contribution in [1.82, 2.24) is 10.2 Å². The van der Waals surface area contributed by atoms with Gasteiger partial charge in [-0.3, -0.25) is 14.9 Å². The Balaban J connectivity index is 1.55. The molecule has 0 spiro atoms. The highest BCUT2D eigenvalue weighted by molar-refractivity contribution is 7.80. The first-order valence-corrected chi connectivity index (χ1v) is 9.75. The van der Waals surface area contributed by atoms with Gasteiger partial charge in [-0.1, -0.05) is 29.8 Å². The summed E-state index contributed by atoms with van der Waals surface area (Å²) in [4.78, 5) is 26.4. The maximum atomic E-state index is 12.5. The minimum atomic E-state index is -0.350. The van der Waals surface area contributed by atoms with Gasteiger partial charge in [-0.05, 0) is 67.0 Å². The second-order valence-electron chi connectivity index (χ2n) is 6.41. The van der Waals surface area contributed by atoms with Crippen molar-refractivity contribution >= 4 is 52.5 Å². The molecule has 5 nitrogen and oxygen atoms in total. The summed E-state index contributed by atoms with van der Waals surface area (Å²) < 4.78 is 0. The largest absolute Gasteiger partial charge is 0.339 e. The molecule has 0 bridgehead atoms. The van der Waals surface area contributed by atoms with E-state index in [1.54, 1.807) is 42.5 Å². The first-order chi connectivity index (χ1) is 13.5. The predicted molar refractivity (Wildman–Crippen MR) is 116 cm³/mol. The Morgan fingerprint density at radius 2 is 1.79 bits per heavy atom. The van der Waals surface area contributed by atoms with Gasteiger partial charge >= 0.3 is 0 Å². The summed E-state index contributed by atoms with van der Waals surface area (Å²) >= 11 is 11.0. The second-order valence-corrected chi connectivity index (χ2v) is 7.25. The molecule has 2 aromatic carbocycles. The van der Waals surface area contributed by atoms with Crippen LogP contribution >= 0.6 is 23.8 Å². The van der Waals surface area contributed by atoms with Gasteiger partial charge in [0.05, 0.1) is 0 Å². The standard InChI is InChI=1S/C21H20ClN3O2S/c22-17-9-6-15(7-10-17)8-11-19(26)24-21(28)23-18-5-3-4-16(14-18)20(27)25-12-1-2-13-25/h3-11,14H,1-2,12-13H2,(H2,23,24,26,28)/b11-8+. The molecule has 144 valence electrons. The van der Waals surface area contributed by atoms with Crippen LogP contribution in [0.4, 0.5) is 5.69 Å². The van der Waals surface area contributed by atoms with Crippen LogP contribution in [0.2, 0.25) is 5.02 Å². The van der Waals surface area contributed by atoms with Gasteiger partial charge in [0.25, 0.3) is 5.91 Å². The number of carbonyl (C=O) groups is 2. The van der Waals surface area contributed by atoms with Crippen molar-refractivity contribution in [1.29, 1.82) is 0 Å². The van der Waals surface area contributed by atoms with Gasteiger partial charge in [0.1, 0.15) is 0 Å². The molecule has 28 heavy (non-hydrogen) atoms. The maximum Gasteiger partial charge on any atom is 0.253 e. The van der Waals surface area contributed by atoms with Crippen LogP contribution in [-0.4, -0.2) is 34.9 Å². The first kappa shape index (κ1) is 20.0. The minimum Gasteiger partial charge on any atom is -0.339 e. The molecule has 1 heterocycles. The number of anilines is 1. The molecular formula is C21H20ClN3O2S. The molecule has 0 aromatic heterocycles. The second kappa shape index (κ2) is 9.48. The van der Waals surface area contributed by atoms with Crippen LogP contribution in [0.3, 0.4) is 0 Å². The van der Waals surface area contributed by atoms with E-state index in [-0.39, 0.29) is 16.9 Å². The maximum absolute atomic E-state index is 12.5. The molecule has 1 saturated heterocycles. The molecule has 2 N–H and O–H groups in total. The molecule has 0 atom stereocenters. The van der Waals surface area contributed by atoms with Crippen molar-refractivity contribution in [2.45, 2.75) is 12.8 Å². The molecule has 2 aromatic rings. The van der Waals surface area contributed by atoms with Gasteiger partial charge in [0, 0.05) is 35.4 Å².